The number of hydrogen-bond acceptors (Lipinski definition) is 3. The highest BCUT2D eigenvalue weighted by molar-refractivity contribution is 6.34. The molecular formula is C16H12ClFN4. The SMILES string of the molecule is Cc1nnc2n1-c1ccc(-c3cncc(F)c3)c(Cl)c1CC2. The van der Waals surface area contributed by atoms with Gasteiger partial charge in [0.25, 0.3) is 0 Å². The Labute approximate surface area is 131 Å². The summed E-state index contributed by atoms with van der Waals surface area (Å²) in [5.74, 6) is 1.41. The van der Waals surface area contributed by atoms with Crippen LogP contribution in [0.15, 0.2) is 30.6 Å². The first kappa shape index (κ1) is 13.4. The van der Waals surface area contributed by atoms with Crippen LogP contribution in [0.25, 0.3) is 16.8 Å². The second kappa shape index (κ2) is 4.88. The van der Waals surface area contributed by atoms with Crippen LogP contribution in [0.4, 0.5) is 4.39 Å². The standard InChI is InChI=1S/C16H12ClFN4/c1-9-20-21-15-5-3-13-14(22(9)15)4-2-12(16(13)17)10-6-11(18)8-19-7-10/h2,4,6-8H,3,5H2,1H3. The molecule has 0 fully saturated rings. The van der Waals surface area contributed by atoms with E-state index in [1.54, 1.807) is 6.20 Å². The van der Waals surface area contributed by atoms with E-state index in [1.807, 2.05) is 23.6 Å². The molecule has 1 aromatic carbocycles. The predicted octanol–water partition coefficient (Wildman–Crippen LogP) is 3.53. The summed E-state index contributed by atoms with van der Waals surface area (Å²) in [4.78, 5) is 3.90. The van der Waals surface area contributed by atoms with Crippen molar-refractivity contribution in [2.45, 2.75) is 19.8 Å². The van der Waals surface area contributed by atoms with Crippen molar-refractivity contribution in [1.82, 2.24) is 19.7 Å². The Morgan fingerprint density at radius 1 is 1.18 bits per heavy atom. The van der Waals surface area contributed by atoms with E-state index in [9.17, 15) is 4.39 Å². The van der Waals surface area contributed by atoms with Crippen molar-refractivity contribution < 1.29 is 4.39 Å². The predicted molar refractivity (Wildman–Crippen MR) is 81.7 cm³/mol. The number of hydrogen-bond donors (Lipinski definition) is 0. The number of halogens is 2. The number of pyridine rings is 1. The average Bonchev–Trinajstić information content (AvgIpc) is 2.89. The molecule has 0 aliphatic carbocycles. The maximum atomic E-state index is 13.4. The minimum Gasteiger partial charge on any atom is -0.283 e. The summed E-state index contributed by atoms with van der Waals surface area (Å²) in [7, 11) is 0. The van der Waals surface area contributed by atoms with Crippen LogP contribution >= 0.6 is 11.6 Å². The van der Waals surface area contributed by atoms with Gasteiger partial charge in [0.15, 0.2) is 0 Å². The van der Waals surface area contributed by atoms with Crippen LogP contribution in [0.1, 0.15) is 17.2 Å². The highest BCUT2D eigenvalue weighted by Crippen LogP contribution is 2.37. The molecule has 0 bridgehead atoms. The number of fused-ring (bicyclic) bond motifs is 3. The summed E-state index contributed by atoms with van der Waals surface area (Å²) < 4.78 is 15.4. The molecule has 0 amide bonds. The van der Waals surface area contributed by atoms with Crippen LogP contribution in [0.3, 0.4) is 0 Å². The van der Waals surface area contributed by atoms with E-state index in [0.717, 1.165) is 41.3 Å². The average molecular weight is 315 g/mol. The Morgan fingerprint density at radius 3 is 2.86 bits per heavy atom. The molecule has 0 unspecified atom stereocenters. The fourth-order valence-electron chi connectivity index (χ4n) is 2.96. The third-order valence-corrected chi connectivity index (χ3v) is 4.40. The summed E-state index contributed by atoms with van der Waals surface area (Å²) in [6.45, 7) is 1.92. The van der Waals surface area contributed by atoms with Gasteiger partial charge >= 0.3 is 0 Å². The van der Waals surface area contributed by atoms with Gasteiger partial charge in [0.1, 0.15) is 17.5 Å². The lowest BCUT2D eigenvalue weighted by Gasteiger charge is -2.21. The minimum atomic E-state index is -0.372. The number of aryl methyl sites for hydroxylation is 2. The zero-order valence-corrected chi connectivity index (χ0v) is 12.6. The van der Waals surface area contributed by atoms with Gasteiger partial charge in [0.05, 0.1) is 16.9 Å². The molecule has 0 saturated carbocycles. The van der Waals surface area contributed by atoms with Gasteiger partial charge in [-0.05, 0) is 31.0 Å². The Balaban J connectivity index is 1.92. The first-order chi connectivity index (χ1) is 10.6. The van der Waals surface area contributed by atoms with E-state index in [4.69, 9.17) is 11.6 Å². The summed E-state index contributed by atoms with van der Waals surface area (Å²) in [6.07, 6.45) is 4.39. The van der Waals surface area contributed by atoms with Crippen molar-refractivity contribution in [1.29, 1.82) is 0 Å². The topological polar surface area (TPSA) is 43.6 Å². The molecule has 0 N–H and O–H groups in total. The van der Waals surface area contributed by atoms with Crippen molar-refractivity contribution in [3.05, 3.63) is 58.6 Å². The second-order valence-corrected chi connectivity index (χ2v) is 5.69. The first-order valence-corrected chi connectivity index (χ1v) is 7.36. The fraction of sp³-hybridized carbons (Fsp3) is 0.188. The summed E-state index contributed by atoms with van der Waals surface area (Å²) in [6, 6.07) is 5.32. The smallest absolute Gasteiger partial charge is 0.142 e. The molecule has 1 aliphatic heterocycles. The zero-order valence-electron chi connectivity index (χ0n) is 11.8. The molecule has 0 atom stereocenters. The van der Waals surface area contributed by atoms with E-state index in [-0.39, 0.29) is 5.82 Å². The number of rotatable bonds is 1. The lowest BCUT2D eigenvalue weighted by Crippen LogP contribution is -2.14. The van der Waals surface area contributed by atoms with E-state index >= 15 is 0 Å². The Bertz CT molecular complexity index is 888. The van der Waals surface area contributed by atoms with Gasteiger partial charge in [-0.15, -0.1) is 10.2 Å². The maximum Gasteiger partial charge on any atom is 0.142 e. The maximum absolute atomic E-state index is 13.4. The van der Waals surface area contributed by atoms with Gasteiger partial charge in [0, 0.05) is 23.7 Å². The highest BCUT2D eigenvalue weighted by atomic mass is 35.5. The quantitative estimate of drug-likeness (QED) is 0.690. The van der Waals surface area contributed by atoms with Gasteiger partial charge in [-0.1, -0.05) is 17.7 Å². The molecule has 110 valence electrons. The Kier molecular flexibility index (Phi) is 2.97. The summed E-state index contributed by atoms with van der Waals surface area (Å²) >= 11 is 6.60. The Hall–Kier alpha value is -2.27. The van der Waals surface area contributed by atoms with Crippen molar-refractivity contribution in [3.8, 4) is 16.8 Å². The van der Waals surface area contributed by atoms with Crippen LogP contribution in [-0.4, -0.2) is 19.7 Å². The van der Waals surface area contributed by atoms with E-state index in [0.29, 0.717) is 10.6 Å². The normalized spacial score (nSPS) is 12.9. The first-order valence-electron chi connectivity index (χ1n) is 6.98. The molecular weight excluding hydrogens is 303 g/mol. The van der Waals surface area contributed by atoms with E-state index < -0.39 is 0 Å². The molecule has 4 nitrogen and oxygen atoms in total. The molecule has 22 heavy (non-hydrogen) atoms. The molecule has 0 spiro atoms. The minimum absolute atomic E-state index is 0.372. The lowest BCUT2D eigenvalue weighted by molar-refractivity contribution is 0.622. The number of benzene rings is 1. The molecule has 3 aromatic rings. The molecule has 2 aromatic heterocycles. The van der Waals surface area contributed by atoms with Crippen molar-refractivity contribution in [2.24, 2.45) is 0 Å². The van der Waals surface area contributed by atoms with Gasteiger partial charge in [-0.3, -0.25) is 9.55 Å². The summed E-state index contributed by atoms with van der Waals surface area (Å²) in [5, 5.41) is 8.96. The van der Waals surface area contributed by atoms with Crippen LogP contribution in [0.5, 0.6) is 0 Å². The monoisotopic (exact) mass is 314 g/mol. The molecule has 4 rings (SSSR count). The van der Waals surface area contributed by atoms with Gasteiger partial charge in [-0.2, -0.15) is 0 Å². The number of aromatic nitrogens is 4. The molecule has 6 heteroatoms. The zero-order chi connectivity index (χ0) is 15.3. The van der Waals surface area contributed by atoms with Gasteiger partial charge in [-0.25, -0.2) is 4.39 Å². The molecule has 3 heterocycles. The largest absolute Gasteiger partial charge is 0.283 e. The van der Waals surface area contributed by atoms with Crippen molar-refractivity contribution in [2.75, 3.05) is 0 Å². The number of nitrogens with zero attached hydrogens (tertiary/aromatic N) is 4. The van der Waals surface area contributed by atoms with Gasteiger partial charge in [0.2, 0.25) is 0 Å². The third-order valence-electron chi connectivity index (χ3n) is 3.97. The second-order valence-electron chi connectivity index (χ2n) is 5.32. The molecule has 0 radical (unpaired) electrons. The molecule has 0 saturated heterocycles. The molecule has 1 aliphatic rings. The highest BCUT2D eigenvalue weighted by Gasteiger charge is 2.23. The van der Waals surface area contributed by atoms with Crippen LogP contribution < -0.4 is 0 Å². The summed E-state index contributed by atoms with van der Waals surface area (Å²) in [5.41, 5.74) is 3.52. The Morgan fingerprint density at radius 2 is 2.05 bits per heavy atom. The lowest BCUT2D eigenvalue weighted by atomic mass is 9.97. The van der Waals surface area contributed by atoms with Crippen molar-refractivity contribution in [3.63, 3.8) is 0 Å². The van der Waals surface area contributed by atoms with Crippen LogP contribution in [0, 0.1) is 12.7 Å². The van der Waals surface area contributed by atoms with Crippen LogP contribution in [0.2, 0.25) is 5.02 Å². The van der Waals surface area contributed by atoms with Crippen LogP contribution in [-0.2, 0) is 12.8 Å². The fourth-order valence-corrected chi connectivity index (χ4v) is 3.32. The van der Waals surface area contributed by atoms with E-state index in [2.05, 4.69) is 15.2 Å². The van der Waals surface area contributed by atoms with E-state index in [1.165, 1.54) is 12.3 Å². The van der Waals surface area contributed by atoms with Crippen molar-refractivity contribution >= 4 is 11.6 Å². The third kappa shape index (κ3) is 1.93. The van der Waals surface area contributed by atoms with Gasteiger partial charge < -0.3 is 0 Å².